The lowest BCUT2D eigenvalue weighted by Gasteiger charge is -2.05. The normalized spacial score (nSPS) is 10.5. The van der Waals surface area contributed by atoms with Crippen molar-refractivity contribution < 1.29 is 4.74 Å². The largest absolute Gasteiger partial charge is 0.495 e. The number of nitrogens with two attached hydrogens (primary N) is 1. The summed E-state index contributed by atoms with van der Waals surface area (Å²) in [6.07, 6.45) is 0.749. The number of benzene rings is 1. The zero-order chi connectivity index (χ0) is 12.4. The van der Waals surface area contributed by atoms with E-state index in [1.54, 1.807) is 7.11 Å². The fraction of sp³-hybridized carbons (Fsp3) is 0.182. The van der Waals surface area contributed by atoms with Crippen LogP contribution in [-0.2, 0) is 6.42 Å². The Bertz CT molecular complexity index is 544. The number of thiazole rings is 1. The minimum atomic E-state index is 0.562. The van der Waals surface area contributed by atoms with Gasteiger partial charge in [-0.25, -0.2) is 4.98 Å². The SMILES string of the molecule is COc1ccc(Cc2sc(N)nc2Br)cc1Cl. The number of rotatable bonds is 3. The maximum Gasteiger partial charge on any atom is 0.181 e. The van der Waals surface area contributed by atoms with Crippen molar-refractivity contribution in [1.29, 1.82) is 0 Å². The molecule has 0 fully saturated rings. The molecule has 90 valence electrons. The average Bonchev–Trinajstić information content (AvgIpc) is 2.58. The number of halogens is 2. The van der Waals surface area contributed by atoms with Crippen molar-refractivity contribution in [3.05, 3.63) is 38.3 Å². The van der Waals surface area contributed by atoms with Crippen molar-refractivity contribution in [3.8, 4) is 5.75 Å². The van der Waals surface area contributed by atoms with Crippen molar-refractivity contribution in [2.24, 2.45) is 0 Å². The van der Waals surface area contributed by atoms with E-state index in [9.17, 15) is 0 Å². The molecule has 2 rings (SSSR count). The Morgan fingerprint density at radius 3 is 2.82 bits per heavy atom. The first kappa shape index (κ1) is 12.7. The van der Waals surface area contributed by atoms with Gasteiger partial charge < -0.3 is 10.5 Å². The van der Waals surface area contributed by atoms with Gasteiger partial charge in [0.1, 0.15) is 10.4 Å². The van der Waals surface area contributed by atoms with E-state index in [-0.39, 0.29) is 0 Å². The predicted molar refractivity (Wildman–Crippen MR) is 75.0 cm³/mol. The summed E-state index contributed by atoms with van der Waals surface area (Å²) in [5.41, 5.74) is 6.74. The Morgan fingerprint density at radius 1 is 1.53 bits per heavy atom. The quantitative estimate of drug-likeness (QED) is 0.931. The first-order valence-corrected chi connectivity index (χ1v) is 6.82. The number of nitrogens with zero attached hydrogens (tertiary/aromatic N) is 1. The summed E-state index contributed by atoms with van der Waals surface area (Å²) >= 11 is 10.9. The molecule has 0 amide bonds. The van der Waals surface area contributed by atoms with E-state index in [1.807, 2.05) is 18.2 Å². The van der Waals surface area contributed by atoms with E-state index in [4.69, 9.17) is 22.1 Å². The highest BCUT2D eigenvalue weighted by Crippen LogP contribution is 2.30. The van der Waals surface area contributed by atoms with Crippen molar-refractivity contribution >= 4 is 44.0 Å². The monoisotopic (exact) mass is 332 g/mol. The van der Waals surface area contributed by atoms with Crippen LogP contribution in [0.25, 0.3) is 0 Å². The molecular weight excluding hydrogens is 324 g/mol. The van der Waals surface area contributed by atoms with Gasteiger partial charge in [-0.2, -0.15) is 0 Å². The first-order chi connectivity index (χ1) is 8.10. The molecule has 0 bridgehead atoms. The van der Waals surface area contributed by atoms with Crippen LogP contribution in [0.15, 0.2) is 22.8 Å². The molecule has 0 unspecified atom stereocenters. The summed E-state index contributed by atoms with van der Waals surface area (Å²) in [6.45, 7) is 0. The van der Waals surface area contributed by atoms with Crippen LogP contribution in [-0.4, -0.2) is 12.1 Å². The summed E-state index contributed by atoms with van der Waals surface area (Å²) in [5, 5.41) is 1.17. The third-order valence-electron chi connectivity index (χ3n) is 2.25. The Morgan fingerprint density at radius 2 is 2.29 bits per heavy atom. The van der Waals surface area contributed by atoms with Crippen LogP contribution >= 0.6 is 38.9 Å². The van der Waals surface area contributed by atoms with Gasteiger partial charge in [0.25, 0.3) is 0 Å². The minimum Gasteiger partial charge on any atom is -0.495 e. The Kier molecular flexibility index (Phi) is 3.91. The van der Waals surface area contributed by atoms with E-state index in [0.717, 1.165) is 21.5 Å². The standard InChI is InChI=1S/C11H10BrClN2OS/c1-16-8-3-2-6(4-7(8)13)5-9-10(12)15-11(14)17-9/h2-4H,5H2,1H3,(H2,14,15). The molecule has 0 saturated carbocycles. The number of aromatic nitrogens is 1. The smallest absolute Gasteiger partial charge is 0.181 e. The summed E-state index contributed by atoms with van der Waals surface area (Å²) < 4.78 is 5.91. The predicted octanol–water partition coefficient (Wildman–Crippen LogP) is 3.74. The van der Waals surface area contributed by atoms with E-state index < -0.39 is 0 Å². The molecule has 0 saturated heterocycles. The topological polar surface area (TPSA) is 48.1 Å². The minimum absolute atomic E-state index is 0.562. The van der Waals surface area contributed by atoms with Gasteiger partial charge in [0.05, 0.1) is 12.1 Å². The van der Waals surface area contributed by atoms with Gasteiger partial charge in [-0.15, -0.1) is 11.3 Å². The molecule has 6 heteroatoms. The molecule has 2 aromatic rings. The fourth-order valence-electron chi connectivity index (χ4n) is 1.46. The van der Waals surface area contributed by atoms with Gasteiger partial charge in [-0.1, -0.05) is 17.7 Å². The number of hydrogen-bond donors (Lipinski definition) is 1. The molecule has 17 heavy (non-hydrogen) atoms. The summed E-state index contributed by atoms with van der Waals surface area (Å²) in [6, 6.07) is 5.73. The van der Waals surface area contributed by atoms with Crippen LogP contribution < -0.4 is 10.5 Å². The number of ether oxygens (including phenoxy) is 1. The van der Waals surface area contributed by atoms with Crippen LogP contribution in [0.1, 0.15) is 10.4 Å². The van der Waals surface area contributed by atoms with Crippen LogP contribution in [0, 0.1) is 0 Å². The highest BCUT2D eigenvalue weighted by molar-refractivity contribution is 9.10. The lowest BCUT2D eigenvalue weighted by molar-refractivity contribution is 0.415. The zero-order valence-electron chi connectivity index (χ0n) is 9.04. The van der Waals surface area contributed by atoms with E-state index in [1.165, 1.54) is 11.3 Å². The average molecular weight is 334 g/mol. The van der Waals surface area contributed by atoms with Crippen LogP contribution in [0.5, 0.6) is 5.75 Å². The van der Waals surface area contributed by atoms with Gasteiger partial charge >= 0.3 is 0 Å². The van der Waals surface area contributed by atoms with Gasteiger partial charge in [-0.3, -0.25) is 0 Å². The molecule has 3 nitrogen and oxygen atoms in total. The van der Waals surface area contributed by atoms with Gasteiger partial charge in [-0.05, 0) is 33.6 Å². The molecule has 0 aliphatic carbocycles. The first-order valence-electron chi connectivity index (χ1n) is 4.83. The molecule has 0 spiro atoms. The lowest BCUT2D eigenvalue weighted by Crippen LogP contribution is -1.89. The molecular formula is C11H10BrClN2OS. The third-order valence-corrected chi connectivity index (χ3v) is 4.35. The maximum atomic E-state index is 6.07. The summed E-state index contributed by atoms with van der Waals surface area (Å²) in [5.74, 6) is 0.679. The Hall–Kier alpha value is -0.780. The lowest BCUT2D eigenvalue weighted by atomic mass is 10.1. The molecule has 0 aliphatic heterocycles. The number of methoxy groups -OCH3 is 1. The highest BCUT2D eigenvalue weighted by Gasteiger charge is 2.09. The fourth-order valence-corrected chi connectivity index (χ4v) is 3.19. The van der Waals surface area contributed by atoms with Crippen molar-refractivity contribution in [3.63, 3.8) is 0 Å². The second kappa shape index (κ2) is 5.25. The molecule has 2 N–H and O–H groups in total. The second-order valence-corrected chi connectivity index (χ2v) is 5.69. The van der Waals surface area contributed by atoms with E-state index in [0.29, 0.717) is 15.9 Å². The van der Waals surface area contributed by atoms with E-state index >= 15 is 0 Å². The highest BCUT2D eigenvalue weighted by atomic mass is 79.9. The molecule has 1 aromatic heterocycles. The van der Waals surface area contributed by atoms with Crippen molar-refractivity contribution in [1.82, 2.24) is 4.98 Å². The van der Waals surface area contributed by atoms with Gasteiger partial charge in [0.15, 0.2) is 5.13 Å². The molecule has 0 atom stereocenters. The molecule has 1 aromatic carbocycles. The molecule has 1 heterocycles. The van der Waals surface area contributed by atoms with Crippen LogP contribution in [0.4, 0.5) is 5.13 Å². The van der Waals surface area contributed by atoms with E-state index in [2.05, 4.69) is 20.9 Å². The second-order valence-electron chi connectivity index (χ2n) is 3.41. The number of hydrogen-bond acceptors (Lipinski definition) is 4. The summed E-state index contributed by atoms with van der Waals surface area (Å²) in [7, 11) is 1.60. The zero-order valence-corrected chi connectivity index (χ0v) is 12.2. The van der Waals surface area contributed by atoms with Crippen LogP contribution in [0.2, 0.25) is 5.02 Å². The Labute approximate surface area is 117 Å². The number of nitrogen functional groups attached to an aromatic ring is 1. The van der Waals surface area contributed by atoms with Crippen molar-refractivity contribution in [2.45, 2.75) is 6.42 Å². The van der Waals surface area contributed by atoms with Crippen molar-refractivity contribution in [2.75, 3.05) is 12.8 Å². The van der Waals surface area contributed by atoms with Crippen LogP contribution in [0.3, 0.4) is 0 Å². The Balaban J connectivity index is 2.24. The third kappa shape index (κ3) is 2.91. The molecule has 0 aliphatic rings. The molecule has 0 radical (unpaired) electrons. The summed E-state index contributed by atoms with van der Waals surface area (Å²) in [4.78, 5) is 5.21. The maximum absolute atomic E-state index is 6.07. The van der Waals surface area contributed by atoms with Gasteiger partial charge in [0.2, 0.25) is 0 Å². The van der Waals surface area contributed by atoms with Gasteiger partial charge in [0, 0.05) is 11.3 Å². The number of anilines is 1.